The van der Waals surface area contributed by atoms with Gasteiger partial charge in [0.1, 0.15) is 24.7 Å². The van der Waals surface area contributed by atoms with Crippen LogP contribution in [0.4, 0.5) is 0 Å². The summed E-state index contributed by atoms with van der Waals surface area (Å²) < 4.78 is 22.4. The third-order valence-electron chi connectivity index (χ3n) is 5.31. The number of hydrogen-bond acceptors (Lipinski definition) is 8. The van der Waals surface area contributed by atoms with Crippen LogP contribution in [0.2, 0.25) is 0 Å². The molecule has 0 bridgehead atoms. The highest BCUT2D eigenvalue weighted by Gasteiger charge is 2.15. The molecule has 0 amide bonds. The van der Waals surface area contributed by atoms with E-state index in [0.29, 0.717) is 40.3 Å². The van der Waals surface area contributed by atoms with Gasteiger partial charge < -0.3 is 28.3 Å². The van der Waals surface area contributed by atoms with Gasteiger partial charge in [-0.25, -0.2) is 4.98 Å². The maximum Gasteiger partial charge on any atom is 0.303 e. The second-order valence-electron chi connectivity index (χ2n) is 7.84. The van der Waals surface area contributed by atoms with E-state index < -0.39 is 5.97 Å². The number of aromatic nitrogens is 1. The third kappa shape index (κ3) is 6.32. The van der Waals surface area contributed by atoms with E-state index in [1.807, 2.05) is 43.3 Å². The fourth-order valence-electron chi connectivity index (χ4n) is 3.42. The molecule has 9 heteroatoms. The van der Waals surface area contributed by atoms with Gasteiger partial charge in [0.2, 0.25) is 0 Å². The molecule has 0 saturated carbocycles. The van der Waals surface area contributed by atoms with Crippen molar-refractivity contribution in [1.82, 2.24) is 4.98 Å². The lowest BCUT2D eigenvalue weighted by Crippen LogP contribution is -2.06. The van der Waals surface area contributed by atoms with Gasteiger partial charge >= 0.3 is 5.97 Å². The van der Waals surface area contributed by atoms with Crippen molar-refractivity contribution in [2.45, 2.75) is 33.0 Å². The van der Waals surface area contributed by atoms with E-state index >= 15 is 0 Å². The lowest BCUT2D eigenvalue weighted by atomic mass is 10.1. The quantitative estimate of drug-likeness (QED) is 0.201. The summed E-state index contributed by atoms with van der Waals surface area (Å²) in [6.45, 7) is 2.18. The van der Waals surface area contributed by atoms with Crippen molar-refractivity contribution in [2.24, 2.45) is 5.16 Å². The fraction of sp³-hybridized carbons (Fsp3) is 0.222. The van der Waals surface area contributed by atoms with E-state index in [9.17, 15) is 4.79 Å². The van der Waals surface area contributed by atoms with Gasteiger partial charge in [-0.05, 0) is 42.3 Å². The number of carboxylic acid groups (broad SMARTS) is 1. The molecule has 0 fully saturated rings. The number of hydrogen-bond donors (Lipinski definition) is 1. The Morgan fingerprint density at radius 1 is 1.03 bits per heavy atom. The van der Waals surface area contributed by atoms with Gasteiger partial charge in [0, 0.05) is 6.42 Å². The molecular weight excluding hydrogens is 464 g/mol. The zero-order valence-corrected chi connectivity index (χ0v) is 20.0. The van der Waals surface area contributed by atoms with Gasteiger partial charge in [-0.1, -0.05) is 41.6 Å². The summed E-state index contributed by atoms with van der Waals surface area (Å²) in [5.41, 5.74) is 2.85. The van der Waals surface area contributed by atoms with Crippen molar-refractivity contribution >= 4 is 11.7 Å². The summed E-state index contributed by atoms with van der Waals surface area (Å²) in [6.07, 6.45) is 1.79. The number of oxime groups is 1. The number of aliphatic carboxylic acids is 1. The highest BCUT2D eigenvalue weighted by molar-refractivity contribution is 6.01. The zero-order chi connectivity index (χ0) is 25.3. The summed E-state index contributed by atoms with van der Waals surface area (Å²) in [5, 5.41) is 13.2. The van der Waals surface area contributed by atoms with Crippen molar-refractivity contribution in [3.8, 4) is 23.1 Å². The van der Waals surface area contributed by atoms with Gasteiger partial charge in [0.15, 0.2) is 17.3 Å². The molecule has 4 aromatic rings. The molecule has 186 valence electrons. The van der Waals surface area contributed by atoms with Crippen molar-refractivity contribution in [2.75, 3.05) is 7.11 Å². The molecule has 9 nitrogen and oxygen atoms in total. The van der Waals surface area contributed by atoms with Crippen LogP contribution in [-0.4, -0.2) is 28.9 Å². The fourth-order valence-corrected chi connectivity index (χ4v) is 3.42. The van der Waals surface area contributed by atoms with Gasteiger partial charge in [-0.3, -0.25) is 4.79 Å². The molecule has 0 aliphatic rings. The summed E-state index contributed by atoms with van der Waals surface area (Å²) >= 11 is 0. The van der Waals surface area contributed by atoms with E-state index in [0.717, 1.165) is 11.1 Å². The number of nitrogens with zero attached hydrogens (tertiary/aromatic N) is 2. The van der Waals surface area contributed by atoms with E-state index in [1.165, 1.54) is 0 Å². The standard InChI is InChI=1S/C27H26N2O7/c1-18-22(28-27(36-18)24-9-6-14-33-24)17-34-23-12-10-19(15-25(23)32-2)16-35-29-21(11-13-26(30)31)20-7-4-3-5-8-20/h3-10,12,14-15H,11,13,16-17H2,1-2H3,(H,30,31)/b29-21-. The molecular formula is C27H26N2O7. The minimum absolute atomic E-state index is 0.0368. The first-order chi connectivity index (χ1) is 17.5. The van der Waals surface area contributed by atoms with Crippen LogP contribution in [-0.2, 0) is 22.8 Å². The Balaban J connectivity index is 1.40. The van der Waals surface area contributed by atoms with Crippen LogP contribution in [0.25, 0.3) is 11.7 Å². The molecule has 0 atom stereocenters. The first kappa shape index (κ1) is 24.6. The van der Waals surface area contributed by atoms with Crippen LogP contribution in [0.15, 0.2) is 80.9 Å². The number of furan rings is 1. The van der Waals surface area contributed by atoms with Crippen LogP contribution in [0.3, 0.4) is 0 Å². The van der Waals surface area contributed by atoms with Gasteiger partial charge in [-0.15, -0.1) is 0 Å². The lowest BCUT2D eigenvalue weighted by Gasteiger charge is -2.12. The normalized spacial score (nSPS) is 11.3. The maximum atomic E-state index is 11.0. The summed E-state index contributed by atoms with van der Waals surface area (Å²) in [7, 11) is 1.56. The number of carbonyl (C=O) groups is 1. The van der Waals surface area contributed by atoms with Gasteiger partial charge in [-0.2, -0.15) is 0 Å². The Morgan fingerprint density at radius 2 is 1.86 bits per heavy atom. The van der Waals surface area contributed by atoms with Crippen LogP contribution in [0.5, 0.6) is 11.5 Å². The summed E-state index contributed by atoms with van der Waals surface area (Å²) in [5.74, 6) is 1.76. The van der Waals surface area contributed by atoms with E-state index in [-0.39, 0.29) is 26.1 Å². The second kappa shape index (κ2) is 11.7. The SMILES string of the molecule is COc1cc(CO/N=C(/CCC(=O)O)c2ccccc2)ccc1OCc1nc(-c2ccco2)oc1C. The Labute approximate surface area is 207 Å². The Hall–Kier alpha value is -4.53. The van der Waals surface area contributed by atoms with Gasteiger partial charge in [0.25, 0.3) is 5.89 Å². The van der Waals surface area contributed by atoms with E-state index in [4.69, 9.17) is 28.3 Å². The second-order valence-corrected chi connectivity index (χ2v) is 7.84. The Kier molecular flexibility index (Phi) is 8.02. The number of ether oxygens (including phenoxy) is 2. The number of aryl methyl sites for hydroxylation is 1. The van der Waals surface area contributed by atoms with Crippen molar-refractivity contribution in [1.29, 1.82) is 0 Å². The van der Waals surface area contributed by atoms with Crippen LogP contribution < -0.4 is 9.47 Å². The molecule has 0 unspecified atom stereocenters. The largest absolute Gasteiger partial charge is 0.493 e. The summed E-state index contributed by atoms with van der Waals surface area (Å²) in [6, 6.07) is 18.3. The third-order valence-corrected chi connectivity index (χ3v) is 5.31. The molecule has 0 saturated heterocycles. The smallest absolute Gasteiger partial charge is 0.303 e. The molecule has 0 aliphatic heterocycles. The minimum Gasteiger partial charge on any atom is -0.493 e. The predicted molar refractivity (Wildman–Crippen MR) is 131 cm³/mol. The Morgan fingerprint density at radius 3 is 2.58 bits per heavy atom. The number of benzene rings is 2. The maximum absolute atomic E-state index is 11.0. The van der Waals surface area contributed by atoms with E-state index in [1.54, 1.807) is 37.6 Å². The molecule has 0 aliphatic carbocycles. The van der Waals surface area contributed by atoms with Gasteiger partial charge in [0.05, 0.1) is 25.5 Å². The average Bonchev–Trinajstić information content (AvgIpc) is 3.55. The average molecular weight is 491 g/mol. The molecule has 0 spiro atoms. The molecule has 2 aromatic carbocycles. The first-order valence-corrected chi connectivity index (χ1v) is 11.3. The minimum atomic E-state index is -0.892. The lowest BCUT2D eigenvalue weighted by molar-refractivity contribution is -0.136. The summed E-state index contributed by atoms with van der Waals surface area (Å²) in [4.78, 5) is 21.0. The van der Waals surface area contributed by atoms with Crippen molar-refractivity contribution in [3.05, 3.63) is 89.5 Å². The highest BCUT2D eigenvalue weighted by atomic mass is 16.6. The predicted octanol–water partition coefficient (Wildman–Crippen LogP) is 5.62. The molecule has 0 radical (unpaired) electrons. The molecule has 2 heterocycles. The topological polar surface area (TPSA) is 117 Å². The number of rotatable bonds is 12. The molecule has 1 N–H and O–H groups in total. The van der Waals surface area contributed by atoms with Crippen molar-refractivity contribution < 1.29 is 33.0 Å². The van der Waals surface area contributed by atoms with Crippen LogP contribution >= 0.6 is 0 Å². The first-order valence-electron chi connectivity index (χ1n) is 11.3. The number of carboxylic acids is 1. The van der Waals surface area contributed by atoms with E-state index in [2.05, 4.69) is 10.1 Å². The van der Waals surface area contributed by atoms with Crippen molar-refractivity contribution in [3.63, 3.8) is 0 Å². The molecule has 4 rings (SSSR count). The van der Waals surface area contributed by atoms with Crippen LogP contribution in [0, 0.1) is 6.92 Å². The number of oxazole rings is 1. The monoisotopic (exact) mass is 490 g/mol. The Bertz CT molecular complexity index is 1310. The van der Waals surface area contributed by atoms with Crippen LogP contribution in [0.1, 0.15) is 35.4 Å². The molecule has 2 aromatic heterocycles. The zero-order valence-electron chi connectivity index (χ0n) is 20.0. The highest BCUT2D eigenvalue weighted by Crippen LogP contribution is 2.30. The number of methoxy groups -OCH3 is 1. The molecule has 36 heavy (non-hydrogen) atoms.